The summed E-state index contributed by atoms with van der Waals surface area (Å²) in [4.78, 5) is 26.3. The number of carbonyl (C=O) groups excluding carboxylic acids is 2. The zero-order valence-electron chi connectivity index (χ0n) is 21.4. The molecule has 0 saturated carbocycles. The largest absolute Gasteiger partial charge is 0.464 e. The van der Waals surface area contributed by atoms with E-state index in [1.807, 2.05) is 36.4 Å². The number of fused-ring (bicyclic) bond motifs is 1. The Morgan fingerprint density at radius 3 is 2.13 bits per heavy atom. The van der Waals surface area contributed by atoms with E-state index in [9.17, 15) is 14.0 Å². The second kappa shape index (κ2) is 11.3. The quantitative estimate of drug-likeness (QED) is 0.251. The summed E-state index contributed by atoms with van der Waals surface area (Å²) in [7, 11) is 0. The molecule has 0 saturated heterocycles. The molecule has 1 unspecified atom stereocenters. The topological polar surface area (TPSA) is 64.6 Å². The van der Waals surface area contributed by atoms with E-state index in [1.165, 1.54) is 12.1 Å². The summed E-state index contributed by atoms with van der Waals surface area (Å²) in [6.07, 6.45) is 0.793. The number of benzene rings is 4. The van der Waals surface area contributed by atoms with Crippen molar-refractivity contribution < 1.29 is 23.5 Å². The lowest BCUT2D eigenvalue weighted by atomic mass is 9.95. The molecular formula is C32H27ClFNO4. The lowest BCUT2D eigenvalue weighted by molar-refractivity contribution is -0.153. The Bertz CT molecular complexity index is 1490. The smallest absolute Gasteiger partial charge is 0.332 e. The minimum atomic E-state index is -1.17. The Labute approximate surface area is 231 Å². The van der Waals surface area contributed by atoms with E-state index < -0.39 is 11.5 Å². The molecular weight excluding hydrogens is 517 g/mol. The maximum absolute atomic E-state index is 13.2. The van der Waals surface area contributed by atoms with E-state index in [2.05, 4.69) is 11.4 Å². The van der Waals surface area contributed by atoms with Gasteiger partial charge in [-0.3, -0.25) is 4.79 Å². The third-order valence-corrected chi connectivity index (χ3v) is 7.00. The number of amides is 1. The third-order valence-electron chi connectivity index (χ3n) is 6.75. The van der Waals surface area contributed by atoms with Gasteiger partial charge in [-0.1, -0.05) is 54.1 Å². The molecule has 5 rings (SSSR count). The first kappa shape index (κ1) is 26.4. The summed E-state index contributed by atoms with van der Waals surface area (Å²) in [6, 6.07) is 26.5. The molecule has 1 amide bonds. The van der Waals surface area contributed by atoms with Gasteiger partial charge in [-0.05, 0) is 83.3 Å². The van der Waals surface area contributed by atoms with Crippen LogP contribution in [0.2, 0.25) is 5.02 Å². The van der Waals surface area contributed by atoms with E-state index >= 15 is 0 Å². The summed E-state index contributed by atoms with van der Waals surface area (Å²) in [5.41, 5.74) is 3.63. The van der Waals surface area contributed by atoms with Gasteiger partial charge in [-0.25, -0.2) is 9.18 Å². The first-order chi connectivity index (χ1) is 18.8. The van der Waals surface area contributed by atoms with Crippen LogP contribution in [0.1, 0.15) is 23.6 Å². The van der Waals surface area contributed by atoms with Gasteiger partial charge >= 0.3 is 5.97 Å². The molecule has 1 N–H and O–H groups in total. The Kier molecular flexibility index (Phi) is 7.66. The summed E-state index contributed by atoms with van der Waals surface area (Å²) < 4.78 is 24.3. The maximum atomic E-state index is 13.2. The molecule has 198 valence electrons. The van der Waals surface area contributed by atoms with Crippen molar-refractivity contribution in [2.24, 2.45) is 0 Å². The highest BCUT2D eigenvalue weighted by Crippen LogP contribution is 2.35. The molecule has 1 aliphatic rings. The average Bonchev–Trinajstić information content (AvgIpc) is 3.30. The fraction of sp³-hybridized carbons (Fsp3) is 0.188. The van der Waals surface area contributed by atoms with Crippen LogP contribution in [-0.4, -0.2) is 24.0 Å². The van der Waals surface area contributed by atoms with E-state index in [0.717, 1.165) is 27.8 Å². The van der Waals surface area contributed by atoms with Crippen molar-refractivity contribution in [3.63, 3.8) is 0 Å². The van der Waals surface area contributed by atoms with Crippen molar-refractivity contribution in [1.29, 1.82) is 0 Å². The van der Waals surface area contributed by atoms with Crippen molar-refractivity contribution in [2.45, 2.75) is 31.7 Å². The number of ether oxygens (including phenoxy) is 2. The molecule has 0 heterocycles. The summed E-state index contributed by atoms with van der Waals surface area (Å²) in [5, 5.41) is 3.67. The number of carbonyl (C=O) groups is 2. The minimum absolute atomic E-state index is 0.0877. The molecule has 0 radical (unpaired) electrons. The Morgan fingerprint density at radius 1 is 0.846 bits per heavy atom. The number of nitrogens with one attached hydrogen (secondary N) is 1. The average molecular weight is 544 g/mol. The fourth-order valence-electron chi connectivity index (χ4n) is 4.86. The van der Waals surface area contributed by atoms with E-state index in [4.69, 9.17) is 21.1 Å². The molecule has 4 aromatic rings. The summed E-state index contributed by atoms with van der Waals surface area (Å²) >= 11 is 6.04. The first-order valence-corrected chi connectivity index (χ1v) is 13.1. The van der Waals surface area contributed by atoms with Gasteiger partial charge in [0, 0.05) is 17.9 Å². The van der Waals surface area contributed by atoms with Crippen LogP contribution in [0.5, 0.6) is 11.5 Å². The van der Waals surface area contributed by atoms with E-state index in [0.29, 0.717) is 29.4 Å². The normalized spacial score (nSPS) is 15.9. The van der Waals surface area contributed by atoms with E-state index in [1.54, 1.807) is 43.3 Å². The second-order valence-electron chi connectivity index (χ2n) is 9.57. The first-order valence-electron chi connectivity index (χ1n) is 12.7. The van der Waals surface area contributed by atoms with Crippen LogP contribution < -0.4 is 10.1 Å². The zero-order valence-corrected chi connectivity index (χ0v) is 22.1. The Balaban J connectivity index is 1.29. The predicted molar refractivity (Wildman–Crippen MR) is 148 cm³/mol. The van der Waals surface area contributed by atoms with Gasteiger partial charge in [0.15, 0.2) is 0 Å². The number of halogens is 2. The van der Waals surface area contributed by atoms with E-state index in [-0.39, 0.29) is 24.8 Å². The standard InChI is InChI=1S/C32H27ClFNO4/c1-2-38-31(37)32(19-24-6-5-23(18-25(24)20-32)22-7-9-26(33)10-8-22)35-30(36)17-21-3-13-28(14-4-21)39-29-15-11-27(34)12-16-29/h3-16,18H,2,17,19-20H2,1H3,(H,35,36). The van der Waals surface area contributed by atoms with Crippen LogP contribution in [0.25, 0.3) is 11.1 Å². The highest BCUT2D eigenvalue weighted by atomic mass is 35.5. The number of hydrogen-bond donors (Lipinski definition) is 1. The Hall–Kier alpha value is -4.16. The minimum Gasteiger partial charge on any atom is -0.464 e. The number of rotatable bonds is 8. The number of esters is 1. The second-order valence-corrected chi connectivity index (χ2v) is 10.0. The van der Waals surface area contributed by atoms with Crippen molar-refractivity contribution in [2.75, 3.05) is 6.61 Å². The highest BCUT2D eigenvalue weighted by molar-refractivity contribution is 6.30. The Morgan fingerprint density at radius 2 is 1.46 bits per heavy atom. The molecule has 0 aromatic heterocycles. The summed E-state index contributed by atoms with van der Waals surface area (Å²) in [5.74, 6) is 0.0260. The van der Waals surface area contributed by atoms with Crippen molar-refractivity contribution in [3.05, 3.63) is 119 Å². The lowest BCUT2D eigenvalue weighted by Crippen LogP contribution is -2.56. The SMILES string of the molecule is CCOC(=O)C1(NC(=O)Cc2ccc(Oc3ccc(F)cc3)cc2)Cc2ccc(-c3ccc(Cl)cc3)cc2C1. The van der Waals surface area contributed by atoms with Crippen LogP contribution in [-0.2, 0) is 33.6 Å². The number of hydrogen-bond acceptors (Lipinski definition) is 4. The molecule has 0 aliphatic heterocycles. The van der Waals surface area contributed by atoms with Crippen molar-refractivity contribution in [3.8, 4) is 22.6 Å². The predicted octanol–water partition coefficient (Wildman–Crippen LogP) is 6.70. The van der Waals surface area contributed by atoms with Gasteiger partial charge < -0.3 is 14.8 Å². The highest BCUT2D eigenvalue weighted by Gasteiger charge is 2.46. The van der Waals surface area contributed by atoms with Crippen molar-refractivity contribution in [1.82, 2.24) is 5.32 Å². The molecule has 0 spiro atoms. The van der Waals surface area contributed by atoms with Gasteiger partial charge in [0.2, 0.25) is 5.91 Å². The maximum Gasteiger partial charge on any atom is 0.332 e. The fourth-order valence-corrected chi connectivity index (χ4v) is 4.99. The van der Waals surface area contributed by atoms with Crippen LogP contribution >= 0.6 is 11.6 Å². The van der Waals surface area contributed by atoms with Crippen LogP contribution in [0.3, 0.4) is 0 Å². The molecule has 0 bridgehead atoms. The van der Waals surface area contributed by atoms with Crippen LogP contribution in [0, 0.1) is 5.82 Å². The van der Waals surface area contributed by atoms with Gasteiger partial charge in [0.05, 0.1) is 13.0 Å². The van der Waals surface area contributed by atoms with Gasteiger partial charge in [-0.2, -0.15) is 0 Å². The molecule has 1 atom stereocenters. The van der Waals surface area contributed by atoms with Gasteiger partial charge in [0.25, 0.3) is 0 Å². The van der Waals surface area contributed by atoms with Crippen molar-refractivity contribution >= 4 is 23.5 Å². The van der Waals surface area contributed by atoms with Gasteiger partial charge in [-0.15, -0.1) is 0 Å². The zero-order chi connectivity index (χ0) is 27.4. The third kappa shape index (κ3) is 6.13. The molecule has 7 heteroatoms. The monoisotopic (exact) mass is 543 g/mol. The summed E-state index contributed by atoms with van der Waals surface area (Å²) in [6.45, 7) is 1.97. The van der Waals surface area contributed by atoms with Crippen LogP contribution in [0.15, 0.2) is 91.0 Å². The van der Waals surface area contributed by atoms with Gasteiger partial charge in [0.1, 0.15) is 22.9 Å². The molecule has 1 aliphatic carbocycles. The molecule has 39 heavy (non-hydrogen) atoms. The molecule has 0 fully saturated rings. The molecule has 5 nitrogen and oxygen atoms in total. The lowest BCUT2D eigenvalue weighted by Gasteiger charge is -2.28. The van der Waals surface area contributed by atoms with Crippen LogP contribution in [0.4, 0.5) is 4.39 Å². The molecule has 4 aromatic carbocycles.